The maximum absolute atomic E-state index is 12.5. The molecule has 1 fully saturated rings. The molecule has 6 heteroatoms. The van der Waals surface area contributed by atoms with E-state index in [1.54, 1.807) is 19.1 Å². The molecule has 116 valence electrons. The zero-order valence-electron chi connectivity index (χ0n) is 12.3. The summed E-state index contributed by atoms with van der Waals surface area (Å²) in [7, 11) is 3.21. The summed E-state index contributed by atoms with van der Waals surface area (Å²) < 4.78 is 10.0. The normalized spacial score (nSPS) is 21.9. The molecule has 1 N–H and O–H groups in total. The molecule has 1 amide bonds. The summed E-state index contributed by atoms with van der Waals surface area (Å²) in [5, 5.41) is 9.19. The van der Waals surface area contributed by atoms with E-state index in [2.05, 4.69) is 0 Å². The number of carbonyl (C=O) groups is 2. The van der Waals surface area contributed by atoms with Crippen molar-refractivity contribution in [1.29, 1.82) is 0 Å². The molecular formula is C14H25NO5. The van der Waals surface area contributed by atoms with Gasteiger partial charge >= 0.3 is 5.97 Å². The van der Waals surface area contributed by atoms with Crippen molar-refractivity contribution in [3.8, 4) is 0 Å². The van der Waals surface area contributed by atoms with Crippen LogP contribution in [0, 0.1) is 11.8 Å². The summed E-state index contributed by atoms with van der Waals surface area (Å²) in [4.78, 5) is 25.4. The van der Waals surface area contributed by atoms with E-state index >= 15 is 0 Å². The molecule has 0 aromatic heterocycles. The second kappa shape index (κ2) is 8.92. The van der Waals surface area contributed by atoms with Gasteiger partial charge in [0, 0.05) is 33.9 Å². The maximum Gasteiger partial charge on any atom is 0.307 e. The van der Waals surface area contributed by atoms with Crippen LogP contribution in [0.1, 0.15) is 25.7 Å². The molecule has 0 heterocycles. The average molecular weight is 287 g/mol. The van der Waals surface area contributed by atoms with E-state index in [1.165, 1.54) is 0 Å². The van der Waals surface area contributed by atoms with Gasteiger partial charge in [-0.15, -0.1) is 0 Å². The highest BCUT2D eigenvalue weighted by Crippen LogP contribution is 2.33. The van der Waals surface area contributed by atoms with Gasteiger partial charge in [-0.2, -0.15) is 0 Å². The van der Waals surface area contributed by atoms with Gasteiger partial charge in [-0.1, -0.05) is 6.42 Å². The molecule has 2 atom stereocenters. The minimum atomic E-state index is -0.857. The van der Waals surface area contributed by atoms with Gasteiger partial charge in [0.1, 0.15) is 0 Å². The first-order valence-corrected chi connectivity index (χ1v) is 7.11. The fourth-order valence-corrected chi connectivity index (χ4v) is 2.72. The lowest BCUT2D eigenvalue weighted by molar-refractivity contribution is -0.149. The number of ether oxygens (including phenoxy) is 2. The Morgan fingerprint density at radius 3 is 2.35 bits per heavy atom. The zero-order valence-corrected chi connectivity index (χ0v) is 12.3. The Balaban J connectivity index is 2.62. The van der Waals surface area contributed by atoms with Gasteiger partial charge in [0.05, 0.1) is 18.4 Å². The van der Waals surface area contributed by atoms with E-state index in [-0.39, 0.29) is 11.8 Å². The highest BCUT2D eigenvalue weighted by Gasteiger charge is 2.39. The number of carboxylic acid groups (broad SMARTS) is 1. The fraction of sp³-hybridized carbons (Fsp3) is 0.857. The van der Waals surface area contributed by atoms with Crippen LogP contribution in [0.2, 0.25) is 0 Å². The summed E-state index contributed by atoms with van der Waals surface area (Å²) in [5.41, 5.74) is 0. The molecule has 1 saturated carbocycles. The van der Waals surface area contributed by atoms with Gasteiger partial charge < -0.3 is 19.5 Å². The van der Waals surface area contributed by atoms with Gasteiger partial charge in [0.25, 0.3) is 0 Å². The lowest BCUT2D eigenvalue weighted by Crippen LogP contribution is -2.41. The minimum absolute atomic E-state index is 0.0527. The Morgan fingerprint density at radius 1 is 1.10 bits per heavy atom. The van der Waals surface area contributed by atoms with E-state index in [1.807, 2.05) is 0 Å². The van der Waals surface area contributed by atoms with Crippen LogP contribution in [-0.4, -0.2) is 62.4 Å². The third-order valence-electron chi connectivity index (χ3n) is 3.80. The van der Waals surface area contributed by atoms with Crippen molar-refractivity contribution < 1.29 is 24.2 Å². The maximum atomic E-state index is 12.5. The summed E-state index contributed by atoms with van der Waals surface area (Å²) in [6, 6.07) is 0. The van der Waals surface area contributed by atoms with Gasteiger partial charge in [-0.05, 0) is 19.3 Å². The minimum Gasteiger partial charge on any atom is -0.481 e. The molecule has 0 saturated heterocycles. The number of carbonyl (C=O) groups excluding carboxylic acids is 1. The summed E-state index contributed by atoms with van der Waals surface area (Å²) in [6.07, 6.45) is 2.82. The quantitative estimate of drug-likeness (QED) is 0.640. The first kappa shape index (κ1) is 16.9. The second-order valence-corrected chi connectivity index (χ2v) is 5.15. The standard InChI is InChI=1S/C14H25NO5/c1-19-9-4-7-15(8-10-20-2)13(16)11-5-3-6-12(11)14(17)18/h11-12H,3-10H2,1-2H3,(H,17,18). The van der Waals surface area contributed by atoms with Crippen LogP contribution in [0.15, 0.2) is 0 Å². The second-order valence-electron chi connectivity index (χ2n) is 5.15. The van der Waals surface area contributed by atoms with Crippen molar-refractivity contribution in [1.82, 2.24) is 4.90 Å². The molecule has 0 aromatic carbocycles. The molecule has 0 bridgehead atoms. The Morgan fingerprint density at radius 2 is 1.75 bits per heavy atom. The van der Waals surface area contributed by atoms with Crippen molar-refractivity contribution in [2.75, 3.05) is 40.5 Å². The predicted octanol–water partition coefficient (Wildman–Crippen LogP) is 0.999. The molecule has 1 rings (SSSR count). The largest absolute Gasteiger partial charge is 0.481 e. The molecule has 20 heavy (non-hydrogen) atoms. The fourth-order valence-electron chi connectivity index (χ4n) is 2.72. The molecule has 1 aliphatic rings. The number of methoxy groups -OCH3 is 2. The van der Waals surface area contributed by atoms with Crippen LogP contribution in [0.3, 0.4) is 0 Å². The van der Waals surface area contributed by atoms with Gasteiger partial charge in [0.15, 0.2) is 0 Å². The number of carboxylic acids is 1. The Hall–Kier alpha value is -1.14. The topological polar surface area (TPSA) is 76.1 Å². The number of hydrogen-bond donors (Lipinski definition) is 1. The number of amides is 1. The predicted molar refractivity (Wildman–Crippen MR) is 73.4 cm³/mol. The lowest BCUT2D eigenvalue weighted by atomic mass is 9.94. The molecule has 0 spiro atoms. The first-order valence-electron chi connectivity index (χ1n) is 7.11. The monoisotopic (exact) mass is 287 g/mol. The Kier molecular flexibility index (Phi) is 7.54. The van der Waals surface area contributed by atoms with Crippen LogP contribution in [0.25, 0.3) is 0 Å². The third-order valence-corrected chi connectivity index (χ3v) is 3.80. The van der Waals surface area contributed by atoms with E-state index in [0.717, 1.165) is 12.8 Å². The SMILES string of the molecule is COCCCN(CCOC)C(=O)C1CCCC1C(=O)O. The highest BCUT2D eigenvalue weighted by molar-refractivity contribution is 5.85. The lowest BCUT2D eigenvalue weighted by Gasteiger charge is -2.27. The molecule has 0 aliphatic heterocycles. The molecule has 0 radical (unpaired) electrons. The molecule has 0 aromatic rings. The number of nitrogens with zero attached hydrogens (tertiary/aromatic N) is 1. The number of rotatable bonds is 9. The molecular weight excluding hydrogens is 262 g/mol. The van der Waals surface area contributed by atoms with E-state index < -0.39 is 11.9 Å². The van der Waals surface area contributed by atoms with Gasteiger partial charge in [-0.25, -0.2) is 0 Å². The van der Waals surface area contributed by atoms with Gasteiger partial charge in [-0.3, -0.25) is 9.59 Å². The average Bonchev–Trinajstić information content (AvgIpc) is 2.91. The van der Waals surface area contributed by atoms with Crippen LogP contribution in [0.4, 0.5) is 0 Å². The van der Waals surface area contributed by atoms with E-state index in [0.29, 0.717) is 39.1 Å². The Bertz CT molecular complexity index is 321. The van der Waals surface area contributed by atoms with Crippen molar-refractivity contribution in [3.63, 3.8) is 0 Å². The van der Waals surface area contributed by atoms with E-state index in [4.69, 9.17) is 9.47 Å². The highest BCUT2D eigenvalue weighted by atomic mass is 16.5. The summed E-state index contributed by atoms with van der Waals surface area (Å²) in [6.45, 7) is 2.13. The van der Waals surface area contributed by atoms with Crippen molar-refractivity contribution >= 4 is 11.9 Å². The molecule has 1 aliphatic carbocycles. The third kappa shape index (κ3) is 4.76. The number of hydrogen-bond acceptors (Lipinski definition) is 4. The van der Waals surface area contributed by atoms with Crippen molar-refractivity contribution in [3.05, 3.63) is 0 Å². The summed E-state index contributed by atoms with van der Waals surface area (Å²) >= 11 is 0. The Labute approximate surface area is 120 Å². The molecule has 6 nitrogen and oxygen atoms in total. The van der Waals surface area contributed by atoms with E-state index in [9.17, 15) is 14.7 Å². The van der Waals surface area contributed by atoms with Crippen LogP contribution < -0.4 is 0 Å². The van der Waals surface area contributed by atoms with Crippen molar-refractivity contribution in [2.24, 2.45) is 11.8 Å². The van der Waals surface area contributed by atoms with Crippen LogP contribution in [-0.2, 0) is 19.1 Å². The summed E-state index contributed by atoms with van der Waals surface area (Å²) in [5.74, 6) is -1.82. The van der Waals surface area contributed by atoms with Crippen LogP contribution in [0.5, 0.6) is 0 Å². The zero-order chi connectivity index (χ0) is 15.0. The van der Waals surface area contributed by atoms with Gasteiger partial charge in [0.2, 0.25) is 5.91 Å². The number of aliphatic carboxylic acids is 1. The smallest absolute Gasteiger partial charge is 0.307 e. The van der Waals surface area contributed by atoms with Crippen molar-refractivity contribution in [2.45, 2.75) is 25.7 Å². The first-order chi connectivity index (χ1) is 9.61. The molecule has 2 unspecified atom stereocenters. The van der Waals surface area contributed by atoms with Crippen LogP contribution >= 0.6 is 0 Å².